The van der Waals surface area contributed by atoms with Gasteiger partial charge in [0.1, 0.15) is 6.61 Å². The summed E-state index contributed by atoms with van der Waals surface area (Å²) in [5.74, 6) is -0.426. The monoisotopic (exact) mass is 503 g/mol. The lowest BCUT2D eigenvalue weighted by Crippen LogP contribution is -2.36. The molecule has 0 bridgehead atoms. The Balaban J connectivity index is 1.75. The fraction of sp³-hybridized carbons (Fsp3) is 0.200. The van der Waals surface area contributed by atoms with Gasteiger partial charge in [-0.1, -0.05) is 65.7 Å². The Morgan fingerprint density at radius 2 is 1.53 bits per heavy atom. The summed E-state index contributed by atoms with van der Waals surface area (Å²) < 4.78 is 21.3. The van der Waals surface area contributed by atoms with Gasteiger partial charge in [-0.15, -0.1) is 0 Å². The molecule has 1 atom stereocenters. The van der Waals surface area contributed by atoms with Gasteiger partial charge in [-0.25, -0.2) is 4.79 Å². The van der Waals surface area contributed by atoms with Crippen molar-refractivity contribution in [3.63, 3.8) is 0 Å². The second-order valence-electron chi connectivity index (χ2n) is 7.07. The fourth-order valence-corrected chi connectivity index (χ4v) is 3.55. The van der Waals surface area contributed by atoms with E-state index in [9.17, 15) is 9.59 Å². The molecule has 0 amide bonds. The first kappa shape index (κ1) is 25.2. The lowest BCUT2D eigenvalue weighted by molar-refractivity contribution is -0.166. The van der Waals surface area contributed by atoms with Crippen LogP contribution in [0.5, 0.6) is 11.5 Å². The molecule has 0 saturated heterocycles. The number of para-hydroxylation sites is 1. The highest BCUT2D eigenvalue weighted by Crippen LogP contribution is 2.31. The van der Waals surface area contributed by atoms with E-state index in [1.54, 1.807) is 60.7 Å². The number of carbonyl (C=O) groups excluding carboxylic acids is 2. The first-order valence-corrected chi connectivity index (χ1v) is 11.0. The normalized spacial score (nSPS) is 11.3. The van der Waals surface area contributed by atoms with Gasteiger partial charge in [-0.2, -0.15) is 0 Å². The predicted molar refractivity (Wildman–Crippen MR) is 129 cm³/mol. The number of ether oxygens (including phenoxy) is 4. The topological polar surface area (TPSA) is 83.1 Å². The minimum Gasteiger partial charge on any atom is -0.493 e. The van der Waals surface area contributed by atoms with Crippen molar-refractivity contribution >= 4 is 40.8 Å². The third-order valence-corrected chi connectivity index (χ3v) is 5.35. The Labute approximate surface area is 207 Å². The van der Waals surface area contributed by atoms with Crippen molar-refractivity contribution in [1.82, 2.24) is 0 Å². The summed E-state index contributed by atoms with van der Waals surface area (Å²) in [6.07, 6.45) is -1.51. The zero-order valence-corrected chi connectivity index (χ0v) is 20.1. The maximum atomic E-state index is 12.9. The van der Waals surface area contributed by atoms with Crippen molar-refractivity contribution in [3.8, 4) is 11.5 Å². The van der Waals surface area contributed by atoms with E-state index in [1.165, 1.54) is 14.2 Å². The van der Waals surface area contributed by atoms with Crippen LogP contribution in [-0.4, -0.2) is 32.4 Å². The number of benzene rings is 3. The van der Waals surface area contributed by atoms with E-state index in [0.717, 1.165) is 5.56 Å². The number of hydrogen-bond acceptors (Lipinski definition) is 7. The highest BCUT2D eigenvalue weighted by atomic mass is 35.5. The van der Waals surface area contributed by atoms with Crippen molar-refractivity contribution in [2.45, 2.75) is 19.3 Å². The highest BCUT2D eigenvalue weighted by molar-refractivity contribution is 6.39. The molecule has 0 aliphatic rings. The Morgan fingerprint density at radius 3 is 2.18 bits per heavy atom. The number of carbonyl (C=O) groups is 2. The van der Waals surface area contributed by atoms with Gasteiger partial charge in [0.05, 0.1) is 36.4 Å². The van der Waals surface area contributed by atoms with Crippen LogP contribution in [0, 0.1) is 0 Å². The average Bonchev–Trinajstić information content (AvgIpc) is 2.84. The van der Waals surface area contributed by atoms with Gasteiger partial charge in [-0.05, 0) is 35.4 Å². The molecule has 3 rings (SSSR count). The van der Waals surface area contributed by atoms with Crippen LogP contribution < -0.4 is 14.8 Å². The van der Waals surface area contributed by atoms with Gasteiger partial charge in [-0.3, -0.25) is 4.79 Å². The summed E-state index contributed by atoms with van der Waals surface area (Å²) in [6, 6.07) is 18.9. The fourth-order valence-electron chi connectivity index (χ4n) is 3.04. The molecule has 0 aliphatic heterocycles. The SMILES string of the molecule is COc1ccc(COC(=O)C(Nc2c(Cl)cccc2Cl)OC(=O)Cc2ccccc2)cc1OC. The van der Waals surface area contributed by atoms with Crippen molar-refractivity contribution < 1.29 is 28.5 Å². The first-order valence-electron chi connectivity index (χ1n) is 10.2. The number of methoxy groups -OCH3 is 2. The number of rotatable bonds is 10. The standard InChI is InChI=1S/C25H23Cl2NO6/c1-31-20-12-11-17(13-21(20)32-2)15-33-25(30)24(28-23-18(26)9-6-10-19(23)27)34-22(29)14-16-7-4-3-5-8-16/h3-13,24,28H,14-15H2,1-2H3. The average molecular weight is 504 g/mol. The largest absolute Gasteiger partial charge is 0.493 e. The Kier molecular flexibility index (Phi) is 9.01. The lowest BCUT2D eigenvalue weighted by Gasteiger charge is -2.20. The second kappa shape index (κ2) is 12.2. The molecule has 0 fully saturated rings. The summed E-state index contributed by atoms with van der Waals surface area (Å²) in [5.41, 5.74) is 1.63. The summed E-state index contributed by atoms with van der Waals surface area (Å²) in [7, 11) is 3.03. The van der Waals surface area contributed by atoms with E-state index >= 15 is 0 Å². The molecule has 34 heavy (non-hydrogen) atoms. The van der Waals surface area contributed by atoms with Gasteiger partial charge >= 0.3 is 11.9 Å². The Bertz CT molecular complexity index is 1120. The minimum atomic E-state index is -1.48. The predicted octanol–water partition coefficient (Wildman–Crippen LogP) is 5.28. The molecule has 1 unspecified atom stereocenters. The van der Waals surface area contributed by atoms with E-state index < -0.39 is 18.2 Å². The smallest absolute Gasteiger partial charge is 0.369 e. The van der Waals surface area contributed by atoms with Crippen LogP contribution in [-0.2, 0) is 32.1 Å². The van der Waals surface area contributed by atoms with Gasteiger partial charge in [0, 0.05) is 0 Å². The number of nitrogens with one attached hydrogen (secondary N) is 1. The number of halogens is 2. The molecule has 0 aliphatic carbocycles. The van der Waals surface area contributed by atoms with Gasteiger partial charge in [0.2, 0.25) is 0 Å². The van der Waals surface area contributed by atoms with Crippen molar-refractivity contribution in [3.05, 3.63) is 87.9 Å². The van der Waals surface area contributed by atoms with Crippen LogP contribution in [0.1, 0.15) is 11.1 Å². The summed E-state index contributed by atoms with van der Waals surface area (Å²) >= 11 is 12.4. The molecule has 178 valence electrons. The molecule has 0 heterocycles. The molecule has 1 N–H and O–H groups in total. The zero-order chi connectivity index (χ0) is 24.5. The van der Waals surface area contributed by atoms with E-state index in [0.29, 0.717) is 17.1 Å². The van der Waals surface area contributed by atoms with E-state index in [1.807, 2.05) is 6.07 Å². The molecule has 0 radical (unpaired) electrons. The molecule has 3 aromatic rings. The third-order valence-electron chi connectivity index (χ3n) is 4.72. The first-order chi connectivity index (χ1) is 16.4. The molecule has 0 spiro atoms. The van der Waals surface area contributed by atoms with Crippen molar-refractivity contribution in [2.24, 2.45) is 0 Å². The molecule has 9 heteroatoms. The number of hydrogen-bond donors (Lipinski definition) is 1. The van der Waals surface area contributed by atoms with Crippen molar-refractivity contribution in [1.29, 1.82) is 0 Å². The van der Waals surface area contributed by atoms with Crippen LogP contribution in [0.4, 0.5) is 5.69 Å². The van der Waals surface area contributed by atoms with Crippen molar-refractivity contribution in [2.75, 3.05) is 19.5 Å². The Morgan fingerprint density at radius 1 is 0.853 bits per heavy atom. The van der Waals surface area contributed by atoms with Gasteiger partial charge in [0.15, 0.2) is 11.5 Å². The van der Waals surface area contributed by atoms with E-state index in [-0.39, 0.29) is 28.8 Å². The quantitative estimate of drug-likeness (QED) is 0.297. The maximum absolute atomic E-state index is 12.9. The van der Waals surface area contributed by atoms with E-state index in [4.69, 9.17) is 42.1 Å². The van der Waals surface area contributed by atoms with Crippen LogP contribution >= 0.6 is 23.2 Å². The van der Waals surface area contributed by atoms with Crippen LogP contribution in [0.25, 0.3) is 0 Å². The highest BCUT2D eigenvalue weighted by Gasteiger charge is 2.26. The molecular formula is C25H23Cl2NO6. The molecule has 7 nitrogen and oxygen atoms in total. The third kappa shape index (κ3) is 6.79. The van der Waals surface area contributed by atoms with Crippen LogP contribution in [0.15, 0.2) is 66.7 Å². The second-order valence-corrected chi connectivity index (χ2v) is 7.88. The van der Waals surface area contributed by atoms with Crippen LogP contribution in [0.3, 0.4) is 0 Å². The summed E-state index contributed by atoms with van der Waals surface area (Å²) in [5, 5.41) is 3.29. The number of anilines is 1. The van der Waals surface area contributed by atoms with Gasteiger partial charge in [0.25, 0.3) is 6.23 Å². The lowest BCUT2D eigenvalue weighted by atomic mass is 10.2. The summed E-state index contributed by atoms with van der Waals surface area (Å²) in [6.45, 7) is -0.0934. The zero-order valence-electron chi connectivity index (χ0n) is 18.5. The minimum absolute atomic E-state index is 0.0295. The van der Waals surface area contributed by atoms with Gasteiger partial charge < -0.3 is 24.3 Å². The maximum Gasteiger partial charge on any atom is 0.369 e. The number of esters is 2. The molecule has 0 aromatic heterocycles. The van der Waals surface area contributed by atoms with E-state index in [2.05, 4.69) is 5.32 Å². The molecule has 0 saturated carbocycles. The Hall–Kier alpha value is -3.42. The summed E-state index contributed by atoms with van der Waals surface area (Å²) in [4.78, 5) is 25.5. The molecular weight excluding hydrogens is 481 g/mol. The molecule has 3 aromatic carbocycles. The van der Waals surface area contributed by atoms with Crippen LogP contribution in [0.2, 0.25) is 10.0 Å².